The summed E-state index contributed by atoms with van der Waals surface area (Å²) in [7, 11) is 2.12. The Bertz CT molecular complexity index is 975. The average Bonchev–Trinajstić information content (AvgIpc) is 2.65. The lowest BCUT2D eigenvalue weighted by atomic mass is 9.79. The van der Waals surface area contributed by atoms with Crippen LogP contribution in [0.2, 0.25) is 0 Å². The van der Waals surface area contributed by atoms with Crippen LogP contribution in [0, 0.1) is 6.92 Å². The highest BCUT2D eigenvalue weighted by atomic mass is 16.3. The first-order valence-electron chi connectivity index (χ1n) is 10.9. The second kappa shape index (κ2) is 8.75. The van der Waals surface area contributed by atoms with Crippen molar-refractivity contribution in [2.45, 2.75) is 64.6 Å². The zero-order valence-electron chi connectivity index (χ0n) is 19.6. The molecule has 3 rings (SSSR count). The number of hydrogen-bond acceptors (Lipinski definition) is 5. The van der Waals surface area contributed by atoms with E-state index in [4.69, 9.17) is 5.73 Å². The Morgan fingerprint density at radius 2 is 1.77 bits per heavy atom. The number of aromatic hydroxyl groups is 1. The van der Waals surface area contributed by atoms with Gasteiger partial charge in [-0.1, -0.05) is 6.07 Å². The summed E-state index contributed by atoms with van der Waals surface area (Å²) in [5.74, 6) is 0.171. The van der Waals surface area contributed by atoms with Crippen molar-refractivity contribution < 1.29 is 5.11 Å². The number of rotatable bonds is 5. The first-order chi connectivity index (χ1) is 14.5. The number of piperidine rings is 1. The molecule has 0 unspecified atom stereocenters. The van der Waals surface area contributed by atoms with Crippen molar-refractivity contribution in [2.75, 3.05) is 7.05 Å². The summed E-state index contributed by atoms with van der Waals surface area (Å²) in [5.41, 5.74) is 10.5. The number of aromatic nitrogens is 1. The van der Waals surface area contributed by atoms with E-state index in [2.05, 4.69) is 56.1 Å². The van der Waals surface area contributed by atoms with Crippen molar-refractivity contribution in [1.82, 2.24) is 15.2 Å². The Morgan fingerprint density at radius 1 is 1.13 bits per heavy atom. The van der Waals surface area contributed by atoms with Gasteiger partial charge in [0.1, 0.15) is 5.75 Å². The van der Waals surface area contributed by atoms with Crippen LogP contribution in [-0.2, 0) is 0 Å². The highest BCUT2D eigenvalue weighted by Crippen LogP contribution is 2.32. The number of nitrogens with two attached hydrogens (primary N) is 1. The summed E-state index contributed by atoms with van der Waals surface area (Å²) in [6, 6.07) is 9.97. The molecule has 1 aromatic carbocycles. The fourth-order valence-electron chi connectivity index (χ4n) is 4.73. The summed E-state index contributed by atoms with van der Waals surface area (Å²) < 4.78 is 0. The molecule has 0 aliphatic carbocycles. The molecular weight excluding hydrogens is 384 g/mol. The van der Waals surface area contributed by atoms with E-state index < -0.39 is 0 Å². The third-order valence-electron chi connectivity index (χ3n) is 5.88. The van der Waals surface area contributed by atoms with Gasteiger partial charge < -0.3 is 21.1 Å². The van der Waals surface area contributed by atoms with Crippen molar-refractivity contribution in [2.24, 2.45) is 5.73 Å². The molecule has 1 fully saturated rings. The van der Waals surface area contributed by atoms with Crippen LogP contribution >= 0.6 is 0 Å². The van der Waals surface area contributed by atoms with Crippen LogP contribution in [0.15, 0.2) is 54.9 Å². The van der Waals surface area contributed by atoms with Crippen LogP contribution in [0.1, 0.15) is 51.8 Å². The molecule has 31 heavy (non-hydrogen) atoms. The SMILES string of the molecule is Cc1cc(-c2ccc(/C(N)=C/C=C/N(C)C3CC(C)(C)NC(C)(C)C3)c(O)c2)ccn1. The molecule has 0 spiro atoms. The van der Waals surface area contributed by atoms with Crippen LogP contribution in [0.5, 0.6) is 5.75 Å². The molecule has 4 N–H and O–H groups in total. The van der Waals surface area contributed by atoms with Crippen LogP contribution in [0.25, 0.3) is 16.8 Å². The third-order valence-corrected chi connectivity index (χ3v) is 5.88. The van der Waals surface area contributed by atoms with Crippen molar-refractivity contribution in [3.8, 4) is 16.9 Å². The first kappa shape index (κ1) is 22.9. The number of allylic oxidation sites excluding steroid dienone is 2. The lowest BCUT2D eigenvalue weighted by molar-refractivity contribution is 0.105. The van der Waals surface area contributed by atoms with E-state index in [1.807, 2.05) is 43.3 Å². The smallest absolute Gasteiger partial charge is 0.125 e. The average molecular weight is 421 g/mol. The van der Waals surface area contributed by atoms with Crippen LogP contribution in [0.3, 0.4) is 0 Å². The largest absolute Gasteiger partial charge is 0.507 e. The molecule has 0 bridgehead atoms. The molecule has 1 aliphatic rings. The normalized spacial score (nSPS) is 19.0. The Morgan fingerprint density at radius 3 is 2.39 bits per heavy atom. The summed E-state index contributed by atoms with van der Waals surface area (Å²) in [4.78, 5) is 6.49. The zero-order valence-corrected chi connectivity index (χ0v) is 19.6. The lowest BCUT2D eigenvalue weighted by Gasteiger charge is -2.48. The predicted molar refractivity (Wildman–Crippen MR) is 129 cm³/mol. The maximum atomic E-state index is 10.5. The van der Waals surface area contributed by atoms with Gasteiger partial charge in [0.15, 0.2) is 0 Å². The topological polar surface area (TPSA) is 74.4 Å². The van der Waals surface area contributed by atoms with E-state index in [0.29, 0.717) is 17.3 Å². The molecule has 5 heteroatoms. The van der Waals surface area contributed by atoms with E-state index in [9.17, 15) is 5.11 Å². The van der Waals surface area contributed by atoms with Gasteiger partial charge in [0.25, 0.3) is 0 Å². The second-order valence-electron chi connectivity index (χ2n) is 10.0. The minimum atomic E-state index is 0.101. The number of phenols is 1. The number of phenolic OH excluding ortho intramolecular Hbond substituents is 1. The molecular formula is C26H36N4O. The van der Waals surface area contributed by atoms with Gasteiger partial charge in [0.2, 0.25) is 0 Å². The molecule has 1 aliphatic heterocycles. The molecule has 2 heterocycles. The molecule has 5 nitrogen and oxygen atoms in total. The summed E-state index contributed by atoms with van der Waals surface area (Å²) >= 11 is 0. The number of nitrogens with zero attached hydrogens (tertiary/aromatic N) is 2. The highest BCUT2D eigenvalue weighted by molar-refractivity contribution is 5.74. The fraction of sp³-hybridized carbons (Fsp3) is 0.423. The van der Waals surface area contributed by atoms with Gasteiger partial charge in [-0.2, -0.15) is 0 Å². The van der Waals surface area contributed by atoms with Crippen molar-refractivity contribution in [3.05, 3.63) is 66.1 Å². The summed E-state index contributed by atoms with van der Waals surface area (Å²) in [6.45, 7) is 11.0. The Labute approximate surface area is 186 Å². The van der Waals surface area contributed by atoms with Crippen molar-refractivity contribution in [3.63, 3.8) is 0 Å². The molecule has 0 amide bonds. The van der Waals surface area contributed by atoms with E-state index >= 15 is 0 Å². The maximum absolute atomic E-state index is 10.5. The lowest BCUT2D eigenvalue weighted by Crippen LogP contribution is -2.61. The molecule has 0 radical (unpaired) electrons. The van der Waals surface area contributed by atoms with Crippen LogP contribution in [0.4, 0.5) is 0 Å². The summed E-state index contributed by atoms with van der Waals surface area (Å²) in [5, 5.41) is 14.3. The van der Waals surface area contributed by atoms with E-state index in [-0.39, 0.29) is 16.8 Å². The number of nitrogens with one attached hydrogen (secondary N) is 1. The van der Waals surface area contributed by atoms with Crippen LogP contribution < -0.4 is 11.1 Å². The Hall–Kier alpha value is -2.79. The number of aryl methyl sites for hydroxylation is 1. The number of pyridine rings is 1. The summed E-state index contributed by atoms with van der Waals surface area (Å²) in [6.07, 6.45) is 9.80. The predicted octanol–water partition coefficient (Wildman–Crippen LogP) is 4.82. The minimum absolute atomic E-state index is 0.101. The molecule has 2 aromatic rings. The minimum Gasteiger partial charge on any atom is -0.507 e. The Balaban J connectivity index is 1.72. The fourth-order valence-corrected chi connectivity index (χ4v) is 4.73. The van der Waals surface area contributed by atoms with Crippen molar-refractivity contribution >= 4 is 5.70 Å². The zero-order chi connectivity index (χ0) is 22.8. The van der Waals surface area contributed by atoms with Gasteiger partial charge in [-0.05, 0) is 101 Å². The van der Waals surface area contributed by atoms with Gasteiger partial charge in [-0.3, -0.25) is 4.98 Å². The number of hydrogen-bond donors (Lipinski definition) is 3. The van der Waals surface area contributed by atoms with Gasteiger partial charge in [0.05, 0.1) is 0 Å². The highest BCUT2D eigenvalue weighted by Gasteiger charge is 2.38. The first-order valence-corrected chi connectivity index (χ1v) is 10.9. The molecule has 166 valence electrons. The monoisotopic (exact) mass is 420 g/mol. The van der Waals surface area contributed by atoms with E-state index in [0.717, 1.165) is 29.7 Å². The quantitative estimate of drug-likeness (QED) is 0.605. The van der Waals surface area contributed by atoms with E-state index in [1.165, 1.54) is 0 Å². The molecule has 1 aromatic heterocycles. The van der Waals surface area contributed by atoms with Gasteiger partial charge >= 0.3 is 0 Å². The van der Waals surface area contributed by atoms with Crippen molar-refractivity contribution in [1.29, 1.82) is 0 Å². The van der Waals surface area contributed by atoms with Gasteiger partial charge in [-0.15, -0.1) is 0 Å². The third kappa shape index (κ3) is 5.88. The second-order valence-corrected chi connectivity index (χ2v) is 10.0. The maximum Gasteiger partial charge on any atom is 0.125 e. The molecule has 1 saturated heterocycles. The van der Waals surface area contributed by atoms with Gasteiger partial charge in [-0.25, -0.2) is 0 Å². The molecule has 0 atom stereocenters. The Kier molecular flexibility index (Phi) is 6.46. The number of benzene rings is 1. The van der Waals surface area contributed by atoms with E-state index in [1.54, 1.807) is 12.3 Å². The van der Waals surface area contributed by atoms with Crippen LogP contribution in [-0.4, -0.2) is 39.2 Å². The van der Waals surface area contributed by atoms with Gasteiger partial charge in [0, 0.05) is 47.3 Å². The molecule has 0 saturated carbocycles. The standard InChI is InChI=1S/C26H36N4O/c1-18-14-20(11-12-28-18)19-9-10-22(24(31)15-19)23(27)8-7-13-30(6)21-16-25(2,3)29-26(4,5)17-21/h7-15,21,29,31H,16-17,27H2,1-6H3/b13-7+,23-8-.